The van der Waals surface area contributed by atoms with Gasteiger partial charge in [-0.25, -0.2) is 14.8 Å². The number of amides is 2. The van der Waals surface area contributed by atoms with Gasteiger partial charge in [0.05, 0.1) is 7.11 Å². The maximum atomic E-state index is 12.8. The van der Waals surface area contributed by atoms with Crippen LogP contribution in [0, 0.1) is 5.92 Å². The smallest absolute Gasteiger partial charge is 0.415 e. The number of aromatic nitrogens is 4. The zero-order valence-corrected chi connectivity index (χ0v) is 20.1. The molecular weight excluding hydrogens is 482 g/mol. The van der Waals surface area contributed by atoms with Crippen molar-refractivity contribution in [2.45, 2.75) is 19.1 Å². The Hall–Kier alpha value is -4.26. The number of nitrogens with one attached hydrogen (secondary N) is 1. The van der Waals surface area contributed by atoms with Gasteiger partial charge in [-0.05, 0) is 24.6 Å². The molecule has 2 saturated heterocycles. The number of aryl methyl sites for hydroxylation is 1. The number of carbonyl (C=O) groups excluding carboxylic acids is 2. The lowest BCUT2D eigenvalue weighted by Gasteiger charge is -2.33. The summed E-state index contributed by atoms with van der Waals surface area (Å²) < 4.78 is 17.8. The summed E-state index contributed by atoms with van der Waals surface area (Å²) in [6, 6.07) is 6.81. The molecule has 3 aromatic heterocycles. The second-order valence-corrected chi connectivity index (χ2v) is 9.22. The number of methoxy groups -OCH3 is 1. The number of rotatable bonds is 6. The summed E-state index contributed by atoms with van der Waals surface area (Å²) in [7, 11) is 1.49. The average Bonchev–Trinajstić information content (AvgIpc) is 3.30. The van der Waals surface area contributed by atoms with Crippen molar-refractivity contribution in [3.8, 4) is 11.8 Å². The van der Waals surface area contributed by atoms with Gasteiger partial charge in [-0.15, -0.1) is 0 Å². The van der Waals surface area contributed by atoms with Gasteiger partial charge in [-0.3, -0.25) is 24.0 Å². The summed E-state index contributed by atoms with van der Waals surface area (Å²) in [5, 5.41) is 3.43. The second-order valence-electron chi connectivity index (χ2n) is 9.22. The first-order valence-electron chi connectivity index (χ1n) is 12.0. The van der Waals surface area contributed by atoms with Crippen LogP contribution in [0.25, 0.3) is 11.0 Å². The van der Waals surface area contributed by atoms with Crippen LogP contribution < -0.4 is 25.2 Å². The van der Waals surface area contributed by atoms with Gasteiger partial charge in [-0.1, -0.05) is 0 Å². The summed E-state index contributed by atoms with van der Waals surface area (Å²) in [4.78, 5) is 53.5. The molecule has 0 spiro atoms. The first-order valence-corrected chi connectivity index (χ1v) is 12.0. The molecule has 1 N–H and O–H groups in total. The van der Waals surface area contributed by atoms with Crippen molar-refractivity contribution in [3.05, 3.63) is 40.8 Å². The van der Waals surface area contributed by atoms with Crippen LogP contribution in [0.3, 0.4) is 0 Å². The molecule has 37 heavy (non-hydrogen) atoms. The molecule has 192 valence electrons. The quantitative estimate of drug-likeness (QED) is 0.511. The van der Waals surface area contributed by atoms with E-state index in [1.165, 1.54) is 18.1 Å². The fraction of sp³-hybridized carbons (Fsp3) is 0.417. The van der Waals surface area contributed by atoms with Crippen molar-refractivity contribution in [1.82, 2.24) is 24.4 Å². The highest BCUT2D eigenvalue weighted by Crippen LogP contribution is 2.32. The van der Waals surface area contributed by atoms with Crippen molar-refractivity contribution >= 4 is 34.7 Å². The Morgan fingerprint density at radius 1 is 1.08 bits per heavy atom. The van der Waals surface area contributed by atoms with Crippen molar-refractivity contribution in [1.29, 1.82) is 0 Å². The number of hydrogen-bond acceptors (Lipinski definition) is 10. The summed E-state index contributed by atoms with van der Waals surface area (Å²) >= 11 is 0. The minimum atomic E-state index is -0.463. The zero-order valence-electron chi connectivity index (χ0n) is 20.1. The van der Waals surface area contributed by atoms with Crippen LogP contribution in [0.1, 0.15) is 6.42 Å². The number of pyridine rings is 2. The van der Waals surface area contributed by atoms with E-state index >= 15 is 0 Å². The maximum absolute atomic E-state index is 12.8. The molecule has 0 aliphatic carbocycles. The highest BCUT2D eigenvalue weighted by Gasteiger charge is 2.42. The standard InChI is InChI=1S/C24H25N7O6/c1-35-23-25-9-14-3-6-20(33)30(22(14)28-23)8-2-7-29-10-15-11-31(24(34)37-17(15)12-29)18-5-4-16-21(26-18)27-19(32)13-36-16/h3-6,9,15,17H,2,7-8,10-13H2,1H3,(H,26,27,32)/t15-,17-/m0/s1. The van der Waals surface area contributed by atoms with Crippen molar-refractivity contribution < 1.29 is 23.8 Å². The molecule has 6 rings (SSSR count). The van der Waals surface area contributed by atoms with Crippen LogP contribution >= 0.6 is 0 Å². The van der Waals surface area contributed by atoms with Crippen LogP contribution in [-0.2, 0) is 16.1 Å². The molecule has 13 heteroatoms. The maximum Gasteiger partial charge on any atom is 0.415 e. The lowest BCUT2D eigenvalue weighted by Crippen LogP contribution is -2.48. The van der Waals surface area contributed by atoms with Gasteiger partial charge in [0, 0.05) is 56.3 Å². The molecule has 3 aliphatic heterocycles. The Kier molecular flexibility index (Phi) is 5.83. The van der Waals surface area contributed by atoms with Gasteiger partial charge >= 0.3 is 12.1 Å². The van der Waals surface area contributed by atoms with Crippen LogP contribution in [0.2, 0.25) is 0 Å². The predicted octanol–water partition coefficient (Wildman–Crippen LogP) is 0.873. The van der Waals surface area contributed by atoms with Gasteiger partial charge < -0.3 is 19.5 Å². The molecule has 0 radical (unpaired) electrons. The molecule has 13 nitrogen and oxygen atoms in total. The number of carbonyl (C=O) groups is 2. The number of nitrogens with zero attached hydrogens (tertiary/aromatic N) is 6. The van der Waals surface area contributed by atoms with E-state index in [-0.39, 0.29) is 36.1 Å². The SMILES string of the molecule is COc1ncc2ccc(=O)n(CCCN3C[C@H]4CN(c5ccc6c(n5)NC(=O)CO6)C(=O)O[C@H]4C3)c2n1. The van der Waals surface area contributed by atoms with Crippen molar-refractivity contribution in [2.24, 2.45) is 5.92 Å². The molecule has 2 amide bonds. The Bertz CT molecular complexity index is 1440. The third-order valence-corrected chi connectivity index (χ3v) is 6.82. The monoisotopic (exact) mass is 507 g/mol. The third-order valence-electron chi connectivity index (χ3n) is 6.82. The van der Waals surface area contributed by atoms with Crippen LogP contribution in [0.15, 0.2) is 35.3 Å². The van der Waals surface area contributed by atoms with Crippen LogP contribution in [0.5, 0.6) is 11.8 Å². The molecule has 2 atom stereocenters. The average molecular weight is 508 g/mol. The van der Waals surface area contributed by atoms with E-state index < -0.39 is 6.09 Å². The first kappa shape index (κ1) is 23.2. The van der Waals surface area contributed by atoms with Crippen LogP contribution in [0.4, 0.5) is 16.4 Å². The molecule has 0 aromatic carbocycles. The summed E-state index contributed by atoms with van der Waals surface area (Å²) in [5.74, 6) is 0.984. The number of likely N-dealkylation sites (tertiary alicyclic amines) is 1. The molecule has 0 saturated carbocycles. The number of anilines is 2. The Labute approximate surface area is 211 Å². The number of fused-ring (bicyclic) bond motifs is 3. The molecule has 2 fully saturated rings. The van der Waals surface area contributed by atoms with E-state index in [0.29, 0.717) is 49.1 Å². The van der Waals surface area contributed by atoms with Gasteiger partial charge in [0.2, 0.25) is 0 Å². The van der Waals surface area contributed by atoms with Gasteiger partial charge in [0.1, 0.15) is 17.6 Å². The zero-order chi connectivity index (χ0) is 25.5. The predicted molar refractivity (Wildman–Crippen MR) is 131 cm³/mol. The van der Waals surface area contributed by atoms with Gasteiger partial charge in [0.15, 0.2) is 18.2 Å². The van der Waals surface area contributed by atoms with Gasteiger partial charge in [-0.2, -0.15) is 4.98 Å². The van der Waals surface area contributed by atoms with E-state index in [4.69, 9.17) is 14.2 Å². The molecular formula is C24H25N7O6. The second kappa shape index (κ2) is 9.32. The lowest BCUT2D eigenvalue weighted by molar-refractivity contribution is -0.118. The fourth-order valence-electron chi connectivity index (χ4n) is 5.03. The van der Waals surface area contributed by atoms with Crippen LogP contribution in [-0.4, -0.2) is 82.4 Å². The van der Waals surface area contributed by atoms with E-state index in [0.717, 1.165) is 18.5 Å². The Morgan fingerprint density at radius 3 is 2.84 bits per heavy atom. The number of hydrogen-bond donors (Lipinski definition) is 1. The van der Waals surface area contributed by atoms with E-state index in [1.54, 1.807) is 29.0 Å². The lowest BCUT2D eigenvalue weighted by atomic mass is 10.0. The molecule has 3 aromatic rings. The normalized spacial score (nSPS) is 21.2. The molecule has 3 aliphatic rings. The molecule has 0 bridgehead atoms. The van der Waals surface area contributed by atoms with Crippen molar-refractivity contribution in [2.75, 3.05) is 50.1 Å². The van der Waals surface area contributed by atoms with E-state index in [1.807, 2.05) is 0 Å². The van der Waals surface area contributed by atoms with Crippen molar-refractivity contribution in [3.63, 3.8) is 0 Å². The minimum Gasteiger partial charge on any atom is -0.480 e. The van der Waals surface area contributed by atoms with Gasteiger partial charge in [0.25, 0.3) is 11.5 Å². The first-order chi connectivity index (χ1) is 18.0. The Morgan fingerprint density at radius 2 is 1.97 bits per heavy atom. The highest BCUT2D eigenvalue weighted by molar-refractivity contribution is 5.95. The number of ether oxygens (including phenoxy) is 3. The molecule has 6 heterocycles. The molecule has 0 unspecified atom stereocenters. The summed E-state index contributed by atoms with van der Waals surface area (Å²) in [6.45, 7) is 3.00. The summed E-state index contributed by atoms with van der Waals surface area (Å²) in [6.07, 6.45) is 1.69. The Balaban J connectivity index is 1.10. The van der Waals surface area contributed by atoms with E-state index in [2.05, 4.69) is 25.2 Å². The third kappa shape index (κ3) is 4.42. The minimum absolute atomic E-state index is 0.0591. The topological polar surface area (TPSA) is 141 Å². The highest BCUT2D eigenvalue weighted by atomic mass is 16.6. The fourth-order valence-corrected chi connectivity index (χ4v) is 5.03. The van der Waals surface area contributed by atoms with E-state index in [9.17, 15) is 14.4 Å². The summed E-state index contributed by atoms with van der Waals surface area (Å²) in [5.41, 5.74) is 0.408. The largest absolute Gasteiger partial charge is 0.480 e.